The number of rotatable bonds is 4. The van der Waals surface area contributed by atoms with Crippen molar-refractivity contribution in [3.63, 3.8) is 0 Å². The first kappa shape index (κ1) is 15.4. The number of aliphatic hydroxyl groups excluding tert-OH is 1. The van der Waals surface area contributed by atoms with E-state index in [1.54, 1.807) is 26.4 Å². The summed E-state index contributed by atoms with van der Waals surface area (Å²) in [6.07, 6.45) is -0.748. The average Bonchev–Trinajstić information content (AvgIpc) is 2.46. The van der Waals surface area contributed by atoms with Gasteiger partial charge in [0.25, 0.3) is 0 Å². The highest BCUT2D eigenvalue weighted by molar-refractivity contribution is 9.10. The van der Waals surface area contributed by atoms with Crippen LogP contribution >= 0.6 is 31.9 Å². The number of hydrogen-bond donors (Lipinski definition) is 1. The topological polar surface area (TPSA) is 38.7 Å². The van der Waals surface area contributed by atoms with Gasteiger partial charge in [0.15, 0.2) is 11.5 Å². The summed E-state index contributed by atoms with van der Waals surface area (Å²) in [5, 5.41) is 10.5. The van der Waals surface area contributed by atoms with Crippen LogP contribution in [-0.4, -0.2) is 19.3 Å². The second-order valence-electron chi connectivity index (χ2n) is 4.19. The van der Waals surface area contributed by atoms with Crippen LogP contribution in [0.25, 0.3) is 0 Å². The zero-order valence-electron chi connectivity index (χ0n) is 11.1. The van der Waals surface area contributed by atoms with Gasteiger partial charge in [-0.3, -0.25) is 0 Å². The normalized spacial score (nSPS) is 12.1. The minimum absolute atomic E-state index is 0.583. The molecule has 3 nitrogen and oxygen atoms in total. The summed E-state index contributed by atoms with van der Waals surface area (Å²) in [5.74, 6) is 1.20. The van der Waals surface area contributed by atoms with Crippen molar-refractivity contribution in [2.24, 2.45) is 0 Å². The molecule has 5 heteroatoms. The number of hydrogen-bond acceptors (Lipinski definition) is 3. The Hall–Kier alpha value is -1.04. The molecule has 0 aromatic heterocycles. The van der Waals surface area contributed by atoms with Crippen molar-refractivity contribution in [1.29, 1.82) is 0 Å². The standard InChI is InChI=1S/C15H14Br2O3/c1-19-13-7-11(12(17)8-14(13)20-2)15(18)9-4-3-5-10(16)6-9/h3-8,15,18H,1-2H3. The van der Waals surface area contributed by atoms with E-state index in [9.17, 15) is 5.11 Å². The molecule has 1 atom stereocenters. The van der Waals surface area contributed by atoms with Gasteiger partial charge in [0.2, 0.25) is 0 Å². The third kappa shape index (κ3) is 3.16. The summed E-state index contributed by atoms with van der Waals surface area (Å²) < 4.78 is 12.2. The van der Waals surface area contributed by atoms with Crippen LogP contribution in [-0.2, 0) is 0 Å². The maximum atomic E-state index is 10.5. The third-order valence-electron chi connectivity index (χ3n) is 2.96. The first-order valence-corrected chi connectivity index (χ1v) is 7.50. The summed E-state index contributed by atoms with van der Waals surface area (Å²) in [5.41, 5.74) is 1.52. The van der Waals surface area contributed by atoms with Crippen LogP contribution in [0.15, 0.2) is 45.3 Å². The molecule has 0 bridgehead atoms. The Morgan fingerprint density at radius 2 is 1.65 bits per heavy atom. The highest BCUT2D eigenvalue weighted by Crippen LogP contribution is 2.38. The largest absolute Gasteiger partial charge is 0.493 e. The number of halogens is 2. The van der Waals surface area contributed by atoms with Gasteiger partial charge >= 0.3 is 0 Å². The van der Waals surface area contributed by atoms with Gasteiger partial charge in [-0.2, -0.15) is 0 Å². The predicted molar refractivity (Wildman–Crippen MR) is 85.4 cm³/mol. The van der Waals surface area contributed by atoms with Gasteiger partial charge in [0.1, 0.15) is 6.10 Å². The SMILES string of the molecule is COc1cc(Br)c(C(O)c2cccc(Br)c2)cc1OC. The molecule has 1 unspecified atom stereocenters. The summed E-state index contributed by atoms with van der Waals surface area (Å²) in [6.45, 7) is 0. The molecule has 0 spiro atoms. The molecule has 0 aliphatic rings. The number of ether oxygens (including phenoxy) is 2. The molecule has 0 amide bonds. The fourth-order valence-electron chi connectivity index (χ4n) is 1.94. The number of aliphatic hydroxyl groups is 1. The highest BCUT2D eigenvalue weighted by atomic mass is 79.9. The van der Waals surface area contributed by atoms with Gasteiger partial charge in [-0.15, -0.1) is 0 Å². The van der Waals surface area contributed by atoms with Crippen LogP contribution in [0.2, 0.25) is 0 Å². The smallest absolute Gasteiger partial charge is 0.161 e. The molecule has 0 saturated heterocycles. The van der Waals surface area contributed by atoms with Gasteiger partial charge < -0.3 is 14.6 Å². The lowest BCUT2D eigenvalue weighted by Gasteiger charge is -2.17. The zero-order chi connectivity index (χ0) is 14.7. The molecule has 0 fully saturated rings. The number of benzene rings is 2. The van der Waals surface area contributed by atoms with E-state index in [1.807, 2.05) is 24.3 Å². The summed E-state index contributed by atoms with van der Waals surface area (Å²) in [6, 6.07) is 11.1. The molecule has 2 rings (SSSR count). The molecule has 2 aromatic rings. The lowest BCUT2D eigenvalue weighted by molar-refractivity contribution is 0.218. The van der Waals surface area contributed by atoms with Crippen molar-refractivity contribution in [3.05, 3.63) is 56.5 Å². The first-order chi connectivity index (χ1) is 9.56. The van der Waals surface area contributed by atoms with Crippen LogP contribution in [0.5, 0.6) is 11.5 Å². The molecule has 0 heterocycles. The first-order valence-electron chi connectivity index (χ1n) is 5.91. The van der Waals surface area contributed by atoms with Crippen molar-refractivity contribution in [3.8, 4) is 11.5 Å². The average molecular weight is 402 g/mol. The van der Waals surface area contributed by atoms with E-state index in [-0.39, 0.29) is 0 Å². The molecule has 0 aliphatic heterocycles. The van der Waals surface area contributed by atoms with E-state index in [1.165, 1.54) is 0 Å². The molecular weight excluding hydrogens is 388 g/mol. The van der Waals surface area contributed by atoms with Crippen molar-refractivity contribution >= 4 is 31.9 Å². The summed E-state index contributed by atoms with van der Waals surface area (Å²) in [7, 11) is 3.15. The molecular formula is C15H14Br2O3. The second kappa shape index (κ2) is 6.61. The van der Waals surface area contributed by atoms with Crippen molar-refractivity contribution in [1.82, 2.24) is 0 Å². The maximum Gasteiger partial charge on any atom is 0.161 e. The molecule has 0 aliphatic carbocycles. The van der Waals surface area contributed by atoms with Gasteiger partial charge in [-0.05, 0) is 29.8 Å². The lowest BCUT2D eigenvalue weighted by atomic mass is 10.0. The van der Waals surface area contributed by atoms with Crippen molar-refractivity contribution < 1.29 is 14.6 Å². The van der Waals surface area contributed by atoms with E-state index in [0.717, 1.165) is 20.1 Å². The Labute approximate surface area is 134 Å². The molecule has 2 aromatic carbocycles. The van der Waals surface area contributed by atoms with E-state index in [2.05, 4.69) is 31.9 Å². The lowest BCUT2D eigenvalue weighted by Crippen LogP contribution is -2.02. The van der Waals surface area contributed by atoms with Gasteiger partial charge in [0.05, 0.1) is 14.2 Å². The quantitative estimate of drug-likeness (QED) is 0.829. The molecule has 0 radical (unpaired) electrons. The molecule has 0 saturated carbocycles. The van der Waals surface area contributed by atoms with E-state index in [4.69, 9.17) is 9.47 Å². The predicted octanol–water partition coefficient (Wildman–Crippen LogP) is 4.31. The second-order valence-corrected chi connectivity index (χ2v) is 5.96. The monoisotopic (exact) mass is 400 g/mol. The van der Waals surface area contributed by atoms with Crippen molar-refractivity contribution in [2.45, 2.75) is 6.10 Å². The van der Waals surface area contributed by atoms with Crippen molar-refractivity contribution in [2.75, 3.05) is 14.2 Å². The van der Waals surface area contributed by atoms with Crippen LogP contribution < -0.4 is 9.47 Å². The Kier molecular flexibility index (Phi) is 5.07. The van der Waals surface area contributed by atoms with Crippen LogP contribution in [0, 0.1) is 0 Å². The van der Waals surface area contributed by atoms with Gasteiger partial charge in [0, 0.05) is 14.5 Å². The Morgan fingerprint density at radius 3 is 2.25 bits per heavy atom. The fourth-order valence-corrected chi connectivity index (χ4v) is 2.89. The van der Waals surface area contributed by atoms with Crippen LogP contribution in [0.1, 0.15) is 17.2 Å². The molecule has 20 heavy (non-hydrogen) atoms. The third-order valence-corrected chi connectivity index (χ3v) is 4.14. The maximum absolute atomic E-state index is 10.5. The van der Waals surface area contributed by atoms with Crippen LogP contribution in [0.3, 0.4) is 0 Å². The van der Waals surface area contributed by atoms with Gasteiger partial charge in [-0.1, -0.05) is 44.0 Å². The van der Waals surface area contributed by atoms with Crippen LogP contribution in [0.4, 0.5) is 0 Å². The minimum Gasteiger partial charge on any atom is -0.493 e. The molecule has 1 N–H and O–H groups in total. The summed E-state index contributed by atoms with van der Waals surface area (Å²) >= 11 is 6.87. The fraction of sp³-hybridized carbons (Fsp3) is 0.200. The van der Waals surface area contributed by atoms with E-state index >= 15 is 0 Å². The van der Waals surface area contributed by atoms with E-state index in [0.29, 0.717) is 11.5 Å². The highest BCUT2D eigenvalue weighted by Gasteiger charge is 2.17. The summed E-state index contributed by atoms with van der Waals surface area (Å²) in [4.78, 5) is 0. The Morgan fingerprint density at radius 1 is 1.00 bits per heavy atom. The zero-order valence-corrected chi connectivity index (χ0v) is 14.2. The molecule has 106 valence electrons. The Balaban J connectivity index is 2.46. The van der Waals surface area contributed by atoms with Gasteiger partial charge in [-0.25, -0.2) is 0 Å². The Bertz CT molecular complexity index is 614. The van der Waals surface area contributed by atoms with E-state index < -0.39 is 6.10 Å². The minimum atomic E-state index is -0.748. The number of methoxy groups -OCH3 is 2.